The van der Waals surface area contributed by atoms with Crippen molar-refractivity contribution in [1.82, 2.24) is 24.5 Å². The van der Waals surface area contributed by atoms with Crippen molar-refractivity contribution in [2.75, 3.05) is 11.5 Å². The van der Waals surface area contributed by atoms with E-state index in [1.165, 1.54) is 11.8 Å². The zero-order valence-corrected chi connectivity index (χ0v) is 14.8. The molecule has 0 saturated carbocycles. The minimum atomic E-state index is -0.0443. The van der Waals surface area contributed by atoms with E-state index in [9.17, 15) is 4.79 Å². The standard InChI is InChI=1S/C16H19N7OS/c1-3-9(2)23-13(24)10-6-4-5-7-11(10)19-16(23)25-8-12-20-14(17)22-15(18)21-12/h4-7,9H,3,8H2,1-2H3,(H4,17,18,20,21,22)/t9-/m0/s1. The Balaban J connectivity index is 2.03. The molecule has 3 rings (SSSR count). The summed E-state index contributed by atoms with van der Waals surface area (Å²) in [7, 11) is 0. The highest BCUT2D eigenvalue weighted by molar-refractivity contribution is 7.98. The van der Waals surface area contributed by atoms with Gasteiger partial charge in [0, 0.05) is 6.04 Å². The first-order chi connectivity index (χ1) is 12.0. The van der Waals surface area contributed by atoms with Gasteiger partial charge in [0.25, 0.3) is 5.56 Å². The topological polar surface area (TPSA) is 126 Å². The number of thioether (sulfide) groups is 1. The highest BCUT2D eigenvalue weighted by Crippen LogP contribution is 2.24. The van der Waals surface area contributed by atoms with Gasteiger partial charge in [-0.25, -0.2) is 4.98 Å². The number of benzene rings is 1. The molecule has 0 saturated heterocycles. The summed E-state index contributed by atoms with van der Waals surface area (Å²) in [5.41, 5.74) is 11.8. The van der Waals surface area contributed by atoms with Gasteiger partial charge in [0.05, 0.1) is 16.7 Å². The molecule has 1 aromatic carbocycles. The lowest BCUT2D eigenvalue weighted by Crippen LogP contribution is -2.26. The molecule has 0 unspecified atom stereocenters. The summed E-state index contributed by atoms with van der Waals surface area (Å²) in [5.74, 6) is 0.994. The number of aromatic nitrogens is 5. The van der Waals surface area contributed by atoms with E-state index < -0.39 is 0 Å². The first-order valence-corrected chi connectivity index (χ1v) is 8.88. The lowest BCUT2D eigenvalue weighted by Gasteiger charge is -2.18. The van der Waals surface area contributed by atoms with Crippen LogP contribution >= 0.6 is 11.8 Å². The molecule has 9 heteroatoms. The van der Waals surface area contributed by atoms with Crippen LogP contribution in [0.3, 0.4) is 0 Å². The fourth-order valence-electron chi connectivity index (χ4n) is 2.45. The van der Waals surface area contributed by atoms with Crippen LogP contribution in [-0.2, 0) is 5.75 Å². The van der Waals surface area contributed by atoms with E-state index in [1.807, 2.05) is 32.0 Å². The average Bonchev–Trinajstić information content (AvgIpc) is 2.58. The normalized spacial score (nSPS) is 12.4. The minimum Gasteiger partial charge on any atom is -0.368 e. The second-order valence-corrected chi connectivity index (χ2v) is 6.54. The Morgan fingerprint density at radius 3 is 2.48 bits per heavy atom. The predicted octanol–water partition coefficient (Wildman–Crippen LogP) is 2.01. The Morgan fingerprint density at radius 1 is 1.12 bits per heavy atom. The summed E-state index contributed by atoms with van der Waals surface area (Å²) < 4.78 is 1.72. The Labute approximate surface area is 148 Å². The molecule has 0 amide bonds. The third kappa shape index (κ3) is 3.55. The Hall–Kier alpha value is -2.68. The van der Waals surface area contributed by atoms with Crippen molar-refractivity contribution in [3.05, 3.63) is 40.4 Å². The maximum atomic E-state index is 12.9. The Morgan fingerprint density at radius 2 is 1.80 bits per heavy atom. The summed E-state index contributed by atoms with van der Waals surface area (Å²) in [6.45, 7) is 4.04. The van der Waals surface area contributed by atoms with Crippen LogP contribution in [0, 0.1) is 0 Å². The highest BCUT2D eigenvalue weighted by atomic mass is 32.2. The maximum Gasteiger partial charge on any atom is 0.262 e. The second kappa shape index (κ2) is 7.06. The van der Waals surface area contributed by atoms with E-state index in [2.05, 4.69) is 19.9 Å². The largest absolute Gasteiger partial charge is 0.368 e. The van der Waals surface area contributed by atoms with Gasteiger partial charge in [-0.1, -0.05) is 30.8 Å². The van der Waals surface area contributed by atoms with Crippen LogP contribution in [0.5, 0.6) is 0 Å². The molecular weight excluding hydrogens is 338 g/mol. The van der Waals surface area contributed by atoms with Crippen LogP contribution in [0.4, 0.5) is 11.9 Å². The summed E-state index contributed by atoms with van der Waals surface area (Å²) in [6.07, 6.45) is 0.819. The second-order valence-electron chi connectivity index (χ2n) is 5.60. The predicted molar refractivity (Wildman–Crippen MR) is 99.2 cm³/mol. The van der Waals surface area contributed by atoms with Gasteiger partial charge in [0.1, 0.15) is 5.82 Å². The minimum absolute atomic E-state index is 0.0283. The van der Waals surface area contributed by atoms with Crippen LogP contribution in [-0.4, -0.2) is 24.5 Å². The van der Waals surface area contributed by atoms with E-state index in [0.717, 1.165) is 6.42 Å². The lowest BCUT2D eigenvalue weighted by molar-refractivity contribution is 0.468. The molecule has 2 heterocycles. The highest BCUT2D eigenvalue weighted by Gasteiger charge is 2.16. The van der Waals surface area contributed by atoms with Crippen LogP contribution in [0.2, 0.25) is 0 Å². The van der Waals surface area contributed by atoms with Crippen LogP contribution < -0.4 is 17.0 Å². The molecule has 0 radical (unpaired) electrons. The number of fused-ring (bicyclic) bond motifs is 1. The Bertz CT molecular complexity index is 952. The van der Waals surface area contributed by atoms with E-state index in [4.69, 9.17) is 11.5 Å². The van der Waals surface area contributed by atoms with Crippen molar-refractivity contribution in [3.63, 3.8) is 0 Å². The van der Waals surface area contributed by atoms with Crippen molar-refractivity contribution in [2.45, 2.75) is 37.2 Å². The number of rotatable bonds is 5. The first kappa shape index (κ1) is 17.2. The smallest absolute Gasteiger partial charge is 0.262 e. The molecular formula is C16H19N7OS. The average molecular weight is 357 g/mol. The quantitative estimate of drug-likeness (QED) is 0.524. The van der Waals surface area contributed by atoms with Crippen molar-refractivity contribution < 1.29 is 0 Å². The molecule has 4 N–H and O–H groups in total. The zero-order chi connectivity index (χ0) is 18.0. The summed E-state index contributed by atoms with van der Waals surface area (Å²) in [5, 5.41) is 1.23. The van der Waals surface area contributed by atoms with E-state index in [-0.39, 0.29) is 23.5 Å². The molecule has 8 nitrogen and oxygen atoms in total. The molecule has 0 aliphatic heterocycles. The van der Waals surface area contributed by atoms with Crippen LogP contribution in [0.25, 0.3) is 10.9 Å². The number of nitrogen functional groups attached to an aromatic ring is 2. The fourth-order valence-corrected chi connectivity index (χ4v) is 3.40. The van der Waals surface area contributed by atoms with Gasteiger partial charge in [-0.05, 0) is 25.5 Å². The summed E-state index contributed by atoms with van der Waals surface area (Å²) >= 11 is 1.38. The van der Waals surface area contributed by atoms with Gasteiger partial charge in [-0.3, -0.25) is 9.36 Å². The molecule has 1 atom stereocenters. The van der Waals surface area contributed by atoms with Gasteiger partial charge in [0.2, 0.25) is 11.9 Å². The molecule has 0 aliphatic rings. The molecule has 0 spiro atoms. The third-order valence-electron chi connectivity index (χ3n) is 3.85. The fraction of sp³-hybridized carbons (Fsp3) is 0.312. The molecule has 2 aromatic heterocycles. The summed E-state index contributed by atoms with van der Waals surface area (Å²) in [4.78, 5) is 29.4. The van der Waals surface area contributed by atoms with Crippen molar-refractivity contribution in [2.24, 2.45) is 0 Å². The number of anilines is 2. The number of hydrogen-bond acceptors (Lipinski definition) is 8. The van der Waals surface area contributed by atoms with Crippen LogP contribution in [0.1, 0.15) is 32.1 Å². The van der Waals surface area contributed by atoms with E-state index in [0.29, 0.717) is 27.6 Å². The van der Waals surface area contributed by atoms with Gasteiger partial charge >= 0.3 is 0 Å². The third-order valence-corrected chi connectivity index (χ3v) is 4.80. The SMILES string of the molecule is CC[C@H](C)n1c(SCc2nc(N)nc(N)n2)nc2ccccc2c1=O. The maximum absolute atomic E-state index is 12.9. The first-order valence-electron chi connectivity index (χ1n) is 7.89. The van der Waals surface area contributed by atoms with Crippen molar-refractivity contribution in [3.8, 4) is 0 Å². The van der Waals surface area contributed by atoms with Crippen molar-refractivity contribution in [1.29, 1.82) is 0 Å². The van der Waals surface area contributed by atoms with E-state index >= 15 is 0 Å². The molecule has 0 aliphatic carbocycles. The zero-order valence-electron chi connectivity index (χ0n) is 14.0. The number of para-hydroxylation sites is 1. The summed E-state index contributed by atoms with van der Waals surface area (Å²) in [6, 6.07) is 7.37. The number of nitrogens with two attached hydrogens (primary N) is 2. The number of hydrogen-bond donors (Lipinski definition) is 2. The molecule has 0 bridgehead atoms. The molecule has 3 aromatic rings. The Kier molecular flexibility index (Phi) is 4.84. The van der Waals surface area contributed by atoms with Gasteiger partial charge < -0.3 is 11.5 Å². The van der Waals surface area contributed by atoms with Crippen molar-refractivity contribution >= 4 is 34.6 Å². The molecule has 25 heavy (non-hydrogen) atoms. The van der Waals surface area contributed by atoms with Gasteiger partial charge in [0.15, 0.2) is 5.16 Å². The van der Waals surface area contributed by atoms with Gasteiger partial charge in [-0.2, -0.15) is 15.0 Å². The lowest BCUT2D eigenvalue weighted by atomic mass is 10.2. The number of nitrogens with zero attached hydrogens (tertiary/aromatic N) is 5. The molecule has 0 fully saturated rings. The molecule has 130 valence electrons. The monoisotopic (exact) mass is 357 g/mol. The van der Waals surface area contributed by atoms with E-state index in [1.54, 1.807) is 10.6 Å². The van der Waals surface area contributed by atoms with Crippen LogP contribution in [0.15, 0.2) is 34.2 Å². The van der Waals surface area contributed by atoms with Gasteiger partial charge in [-0.15, -0.1) is 0 Å².